The third-order valence-electron chi connectivity index (χ3n) is 4.27. The number of fused-ring (bicyclic) bond motifs is 1. The lowest BCUT2D eigenvalue weighted by molar-refractivity contribution is 0.0927. The fourth-order valence-electron chi connectivity index (χ4n) is 2.88. The molecule has 0 fully saturated rings. The van der Waals surface area contributed by atoms with E-state index >= 15 is 0 Å². The van der Waals surface area contributed by atoms with Crippen molar-refractivity contribution in [3.63, 3.8) is 0 Å². The zero-order valence-electron chi connectivity index (χ0n) is 15.7. The molecule has 152 valence electrons. The van der Waals surface area contributed by atoms with Crippen molar-refractivity contribution in [2.45, 2.75) is 31.3 Å². The summed E-state index contributed by atoms with van der Waals surface area (Å²) in [6, 6.07) is 6.91. The number of thioether (sulfide) groups is 1. The molecule has 4 N–H and O–H groups in total. The van der Waals surface area contributed by atoms with Crippen LogP contribution in [-0.4, -0.2) is 22.8 Å². The maximum Gasteiger partial charge on any atom is 0.268 e. The van der Waals surface area contributed by atoms with E-state index in [1.807, 2.05) is 12.1 Å². The highest BCUT2D eigenvalue weighted by Gasteiger charge is 2.29. The largest absolute Gasteiger partial charge is 0.323 e. The van der Waals surface area contributed by atoms with E-state index in [2.05, 4.69) is 24.7 Å². The molecule has 1 aromatic heterocycles. The Morgan fingerprint density at radius 3 is 2.68 bits per heavy atom. The molecule has 0 radical (unpaired) electrons. The van der Waals surface area contributed by atoms with E-state index in [1.54, 1.807) is 22.9 Å². The molecule has 2 heterocycles. The molecule has 3 rings (SSSR count). The molecule has 0 spiro atoms. The Labute approximate surface area is 179 Å². The van der Waals surface area contributed by atoms with Gasteiger partial charge < -0.3 is 10.3 Å². The van der Waals surface area contributed by atoms with E-state index in [0.717, 1.165) is 5.56 Å². The number of aromatic nitrogens is 1. The second kappa shape index (κ2) is 9.80. The van der Waals surface area contributed by atoms with Crippen molar-refractivity contribution in [2.24, 2.45) is 11.7 Å². The zero-order chi connectivity index (χ0) is 19.6. The zero-order valence-corrected chi connectivity index (χ0v) is 18.1. The van der Waals surface area contributed by atoms with E-state index in [-0.39, 0.29) is 29.9 Å². The van der Waals surface area contributed by atoms with Crippen LogP contribution in [0.15, 0.2) is 40.2 Å². The van der Waals surface area contributed by atoms with Gasteiger partial charge in [0.1, 0.15) is 0 Å². The van der Waals surface area contributed by atoms with Crippen LogP contribution in [-0.2, 0) is 6.54 Å². The first-order valence-electron chi connectivity index (χ1n) is 8.80. The number of rotatable bonds is 6. The van der Waals surface area contributed by atoms with Crippen LogP contribution in [0.5, 0.6) is 0 Å². The molecule has 1 aliphatic rings. The summed E-state index contributed by atoms with van der Waals surface area (Å²) in [6.45, 7) is 5.11. The third-order valence-corrected chi connectivity index (χ3v) is 5.77. The van der Waals surface area contributed by atoms with Crippen molar-refractivity contribution < 1.29 is 4.79 Å². The first-order chi connectivity index (χ1) is 12.9. The van der Waals surface area contributed by atoms with Crippen molar-refractivity contribution in [1.29, 1.82) is 0 Å². The van der Waals surface area contributed by atoms with Gasteiger partial charge in [-0.25, -0.2) is 5.43 Å². The third kappa shape index (κ3) is 5.10. The van der Waals surface area contributed by atoms with Gasteiger partial charge in [-0.1, -0.05) is 37.6 Å². The minimum atomic E-state index is -0.370. The Hall–Kier alpha value is -1.51. The molecular weight excluding hydrogens is 419 g/mol. The Morgan fingerprint density at radius 1 is 1.36 bits per heavy atom. The van der Waals surface area contributed by atoms with Crippen LogP contribution >= 0.6 is 35.8 Å². The summed E-state index contributed by atoms with van der Waals surface area (Å²) >= 11 is 7.39. The van der Waals surface area contributed by atoms with E-state index in [0.29, 0.717) is 45.8 Å². The number of nitrogens with zero attached hydrogens (tertiary/aromatic N) is 1. The van der Waals surface area contributed by atoms with Gasteiger partial charge in [-0.05, 0) is 23.6 Å². The second-order valence-electron chi connectivity index (χ2n) is 6.99. The first-order valence-corrected chi connectivity index (χ1v) is 10.2. The van der Waals surface area contributed by atoms with Crippen LogP contribution in [0, 0.1) is 5.92 Å². The lowest BCUT2D eigenvalue weighted by Gasteiger charge is -2.15. The van der Waals surface area contributed by atoms with Gasteiger partial charge in [-0.3, -0.25) is 15.0 Å². The lowest BCUT2D eigenvalue weighted by Crippen LogP contribution is -2.40. The number of amides is 1. The number of carbonyl (C=O) groups excluding carboxylic acids is 1. The highest BCUT2D eigenvalue weighted by atomic mass is 35.5. The summed E-state index contributed by atoms with van der Waals surface area (Å²) in [5.74, 6) is 0.728. The van der Waals surface area contributed by atoms with Crippen molar-refractivity contribution in [3.05, 3.63) is 62.5 Å². The smallest absolute Gasteiger partial charge is 0.268 e. The Morgan fingerprint density at radius 2 is 2.04 bits per heavy atom. The predicted octanol–water partition coefficient (Wildman–Crippen LogP) is 2.97. The maximum atomic E-state index is 12.9. The number of hydrogen-bond donors (Lipinski definition) is 3. The van der Waals surface area contributed by atoms with Crippen molar-refractivity contribution in [1.82, 2.24) is 15.4 Å². The molecule has 0 unspecified atom stereocenters. The Balaban J connectivity index is 0.00000280. The van der Waals surface area contributed by atoms with Crippen LogP contribution in [0.3, 0.4) is 0 Å². The summed E-state index contributed by atoms with van der Waals surface area (Å²) in [5.41, 5.74) is 13.5. The van der Waals surface area contributed by atoms with Crippen LogP contribution in [0.2, 0.25) is 5.02 Å². The van der Waals surface area contributed by atoms with Gasteiger partial charge in [0.2, 0.25) is 0 Å². The van der Waals surface area contributed by atoms with E-state index in [4.69, 9.17) is 17.3 Å². The normalized spacial score (nSPS) is 15.2. The summed E-state index contributed by atoms with van der Waals surface area (Å²) in [5, 5.41) is 0.634. The van der Waals surface area contributed by atoms with Crippen LogP contribution in [0.1, 0.15) is 41.4 Å². The molecule has 0 bridgehead atoms. The quantitative estimate of drug-likeness (QED) is 0.598. The summed E-state index contributed by atoms with van der Waals surface area (Å²) in [4.78, 5) is 26.3. The minimum Gasteiger partial charge on any atom is -0.323 e. The Kier molecular flexibility index (Phi) is 7.97. The van der Waals surface area contributed by atoms with Gasteiger partial charge in [0, 0.05) is 40.0 Å². The molecule has 2 aromatic rings. The number of nitrogens with one attached hydrogen (secondary N) is 2. The number of hydrazine groups is 1. The molecule has 1 aromatic carbocycles. The van der Waals surface area contributed by atoms with Gasteiger partial charge >= 0.3 is 0 Å². The Bertz CT molecular complexity index is 900. The number of nitrogens with two attached hydrogens (primary N) is 1. The number of halogens is 2. The standard InChI is InChI=1S/C19H23ClN4O2S.ClH/c1-11(2)7-22-23-18(25)14-9-24(8-12-3-5-13(20)6-4-12)19(26)16-15(21)10-27-17(14)16;/h3-6,9,11,15,22H,7-8,10,21H2,1-2H3,(H,23,25);1H/t15-;/m0./s1. The second-order valence-corrected chi connectivity index (χ2v) is 8.46. The van der Waals surface area contributed by atoms with Gasteiger partial charge in [0.25, 0.3) is 11.5 Å². The van der Waals surface area contributed by atoms with E-state index in [1.165, 1.54) is 11.8 Å². The molecule has 9 heteroatoms. The predicted molar refractivity (Wildman–Crippen MR) is 116 cm³/mol. The summed E-state index contributed by atoms with van der Waals surface area (Å²) < 4.78 is 1.55. The van der Waals surface area contributed by atoms with Gasteiger partial charge in [0.05, 0.1) is 12.1 Å². The average Bonchev–Trinajstić information content (AvgIpc) is 3.01. The molecule has 28 heavy (non-hydrogen) atoms. The molecule has 1 atom stereocenters. The fourth-order valence-corrected chi connectivity index (χ4v) is 4.21. The minimum absolute atomic E-state index is 0. The van der Waals surface area contributed by atoms with Gasteiger partial charge in [-0.2, -0.15) is 0 Å². The number of hydrogen-bond acceptors (Lipinski definition) is 5. The van der Waals surface area contributed by atoms with Crippen molar-refractivity contribution in [2.75, 3.05) is 12.3 Å². The number of benzene rings is 1. The van der Waals surface area contributed by atoms with Crippen LogP contribution in [0.25, 0.3) is 0 Å². The molecule has 0 saturated heterocycles. The maximum absolute atomic E-state index is 12.9. The molecule has 0 aliphatic carbocycles. The average molecular weight is 443 g/mol. The summed E-state index contributed by atoms with van der Waals surface area (Å²) in [6.07, 6.45) is 1.62. The van der Waals surface area contributed by atoms with Crippen LogP contribution < -0.4 is 22.1 Å². The lowest BCUT2D eigenvalue weighted by atomic mass is 10.1. The number of pyridine rings is 1. The van der Waals surface area contributed by atoms with E-state index in [9.17, 15) is 9.59 Å². The molecule has 6 nitrogen and oxygen atoms in total. The summed E-state index contributed by atoms with van der Waals surface area (Å²) in [7, 11) is 0. The SMILES string of the molecule is CC(C)CNNC(=O)c1cn(Cc2ccc(Cl)cc2)c(=O)c2c1SC[C@@H]2N.Cl. The van der Waals surface area contributed by atoms with Crippen molar-refractivity contribution in [3.8, 4) is 0 Å². The molecule has 1 amide bonds. The molecular formula is C19H24Cl2N4O2S. The first kappa shape index (κ1) is 22.8. The van der Waals surface area contributed by atoms with Crippen LogP contribution in [0.4, 0.5) is 0 Å². The highest BCUT2D eigenvalue weighted by Crippen LogP contribution is 2.37. The van der Waals surface area contributed by atoms with Crippen molar-refractivity contribution >= 4 is 41.7 Å². The topological polar surface area (TPSA) is 89.1 Å². The fraction of sp³-hybridized carbons (Fsp3) is 0.368. The van der Waals surface area contributed by atoms with Gasteiger partial charge in [-0.15, -0.1) is 24.2 Å². The molecule has 1 aliphatic heterocycles. The molecule has 0 saturated carbocycles. The number of carbonyl (C=O) groups is 1. The van der Waals surface area contributed by atoms with Gasteiger partial charge in [0.15, 0.2) is 0 Å². The monoisotopic (exact) mass is 442 g/mol. The highest BCUT2D eigenvalue weighted by molar-refractivity contribution is 7.99. The van der Waals surface area contributed by atoms with E-state index < -0.39 is 0 Å².